The molecule has 0 spiro atoms. The maximum absolute atomic E-state index is 12.7. The van der Waals surface area contributed by atoms with E-state index in [0.29, 0.717) is 30.3 Å². The molecule has 6 heteroatoms. The number of Topliss-reactive ketones (excluding diaryl/α,β-unsaturated/α-hetero) is 1. The maximum atomic E-state index is 12.7. The summed E-state index contributed by atoms with van der Waals surface area (Å²) >= 11 is 0. The maximum Gasteiger partial charge on any atom is 0.230 e. The van der Waals surface area contributed by atoms with Gasteiger partial charge in [0, 0.05) is 18.0 Å². The quantitative estimate of drug-likeness (QED) is 0.513. The van der Waals surface area contributed by atoms with E-state index in [-0.39, 0.29) is 11.7 Å². The zero-order valence-electron chi connectivity index (χ0n) is 17.8. The van der Waals surface area contributed by atoms with Crippen LogP contribution >= 0.6 is 0 Å². The fraction of sp³-hybridized carbons (Fsp3) is 0.240. The van der Waals surface area contributed by atoms with Crippen LogP contribution in [0.1, 0.15) is 50.8 Å². The van der Waals surface area contributed by atoms with Gasteiger partial charge >= 0.3 is 0 Å². The Morgan fingerprint density at radius 3 is 2.52 bits per heavy atom. The first-order valence-corrected chi connectivity index (χ1v) is 10.4. The van der Waals surface area contributed by atoms with Crippen LogP contribution in [0.2, 0.25) is 0 Å². The Labute approximate surface area is 180 Å². The molecule has 1 atom stereocenters. The standard InChI is InChI=1S/C25H23N5O/c1-14-7-9-17(10-8-14)18-11-21-20(22(31)12-18)13-26-24(28-21)30-25-27-16(3)19-6-4-5-15(2)23(19)29-25/h4-10,13,18H,11-12H2,1-3H3,(H,26,27,28,29,30)/t18-/m1/s1. The Balaban J connectivity index is 1.46. The fourth-order valence-electron chi connectivity index (χ4n) is 4.18. The van der Waals surface area contributed by atoms with Gasteiger partial charge in [-0.3, -0.25) is 10.1 Å². The second-order valence-electron chi connectivity index (χ2n) is 8.22. The minimum absolute atomic E-state index is 0.0896. The van der Waals surface area contributed by atoms with E-state index in [0.717, 1.165) is 27.9 Å². The number of aromatic nitrogens is 4. The Morgan fingerprint density at radius 2 is 1.71 bits per heavy atom. The molecule has 1 aliphatic carbocycles. The molecule has 154 valence electrons. The number of nitrogens with one attached hydrogen (secondary N) is 1. The van der Waals surface area contributed by atoms with Crippen molar-refractivity contribution in [3.8, 4) is 0 Å². The van der Waals surface area contributed by atoms with Crippen LogP contribution in [0.3, 0.4) is 0 Å². The Hall–Kier alpha value is -3.67. The van der Waals surface area contributed by atoms with Gasteiger partial charge in [0.05, 0.1) is 22.5 Å². The number of fused-ring (bicyclic) bond motifs is 2. The number of carbonyl (C=O) groups is 1. The van der Waals surface area contributed by atoms with Crippen LogP contribution in [0.25, 0.3) is 10.9 Å². The molecule has 5 rings (SSSR count). The van der Waals surface area contributed by atoms with Crippen molar-refractivity contribution in [1.82, 2.24) is 19.9 Å². The lowest BCUT2D eigenvalue weighted by molar-refractivity contribution is 0.0962. The highest BCUT2D eigenvalue weighted by molar-refractivity contribution is 5.98. The summed E-state index contributed by atoms with van der Waals surface area (Å²) in [6, 6.07) is 14.4. The van der Waals surface area contributed by atoms with Crippen molar-refractivity contribution < 1.29 is 4.79 Å². The minimum atomic E-state index is 0.0896. The molecular weight excluding hydrogens is 386 g/mol. The average Bonchev–Trinajstić information content (AvgIpc) is 2.75. The highest BCUT2D eigenvalue weighted by Crippen LogP contribution is 2.32. The zero-order chi connectivity index (χ0) is 21.5. The third kappa shape index (κ3) is 3.65. The number of carbonyl (C=O) groups excluding carboxylic acids is 1. The molecule has 0 aliphatic heterocycles. The molecular formula is C25H23N5O. The highest BCUT2D eigenvalue weighted by Gasteiger charge is 2.28. The van der Waals surface area contributed by atoms with Gasteiger partial charge in [-0.25, -0.2) is 19.9 Å². The predicted octanol–water partition coefficient (Wildman–Crippen LogP) is 5.00. The zero-order valence-corrected chi connectivity index (χ0v) is 17.8. The van der Waals surface area contributed by atoms with E-state index < -0.39 is 0 Å². The number of ketones is 1. The smallest absolute Gasteiger partial charge is 0.230 e. The lowest BCUT2D eigenvalue weighted by atomic mass is 9.82. The molecule has 1 N–H and O–H groups in total. The number of anilines is 2. The number of rotatable bonds is 3. The third-order valence-corrected chi connectivity index (χ3v) is 5.93. The normalized spacial score (nSPS) is 15.7. The summed E-state index contributed by atoms with van der Waals surface area (Å²) in [6.45, 7) is 6.06. The van der Waals surface area contributed by atoms with Crippen molar-refractivity contribution in [2.75, 3.05) is 5.32 Å². The molecule has 0 saturated heterocycles. The average molecular weight is 409 g/mol. The fourth-order valence-corrected chi connectivity index (χ4v) is 4.18. The van der Waals surface area contributed by atoms with Crippen LogP contribution in [-0.4, -0.2) is 25.7 Å². The van der Waals surface area contributed by atoms with E-state index in [2.05, 4.69) is 56.4 Å². The van der Waals surface area contributed by atoms with Gasteiger partial charge in [0.25, 0.3) is 0 Å². The van der Waals surface area contributed by atoms with E-state index in [1.807, 2.05) is 32.0 Å². The predicted molar refractivity (Wildman–Crippen MR) is 121 cm³/mol. The number of nitrogens with zero attached hydrogens (tertiary/aromatic N) is 4. The lowest BCUT2D eigenvalue weighted by Crippen LogP contribution is -2.21. The molecule has 0 bridgehead atoms. The van der Waals surface area contributed by atoms with E-state index in [4.69, 9.17) is 0 Å². The summed E-state index contributed by atoms with van der Waals surface area (Å²) in [6.07, 6.45) is 2.81. The summed E-state index contributed by atoms with van der Waals surface area (Å²) < 4.78 is 0. The summed E-state index contributed by atoms with van der Waals surface area (Å²) in [5.74, 6) is 1.08. The summed E-state index contributed by atoms with van der Waals surface area (Å²) in [7, 11) is 0. The number of hydrogen-bond acceptors (Lipinski definition) is 6. The van der Waals surface area contributed by atoms with Gasteiger partial charge in [0.1, 0.15) is 0 Å². The van der Waals surface area contributed by atoms with Crippen molar-refractivity contribution >= 4 is 28.6 Å². The second kappa shape index (κ2) is 7.54. The molecule has 2 aromatic heterocycles. The van der Waals surface area contributed by atoms with Gasteiger partial charge < -0.3 is 0 Å². The van der Waals surface area contributed by atoms with Crippen molar-refractivity contribution in [3.05, 3.63) is 82.3 Å². The molecule has 4 aromatic rings. The monoisotopic (exact) mass is 409 g/mol. The van der Waals surface area contributed by atoms with Gasteiger partial charge in [-0.2, -0.15) is 0 Å². The van der Waals surface area contributed by atoms with Crippen LogP contribution in [0.15, 0.2) is 48.7 Å². The van der Waals surface area contributed by atoms with Crippen LogP contribution in [0.4, 0.5) is 11.9 Å². The van der Waals surface area contributed by atoms with Crippen LogP contribution in [0, 0.1) is 20.8 Å². The molecule has 0 amide bonds. The SMILES string of the molecule is Cc1ccc([C@H]2CC(=O)c3cnc(Nc4nc(C)c5cccc(C)c5n4)nc3C2)cc1. The summed E-state index contributed by atoms with van der Waals surface area (Å²) in [5, 5.41) is 4.17. The number of hydrogen-bond donors (Lipinski definition) is 1. The van der Waals surface area contributed by atoms with Gasteiger partial charge in [-0.05, 0) is 44.2 Å². The first-order valence-electron chi connectivity index (χ1n) is 10.4. The number of para-hydroxylation sites is 1. The third-order valence-electron chi connectivity index (χ3n) is 5.93. The topological polar surface area (TPSA) is 80.7 Å². The van der Waals surface area contributed by atoms with Crippen LogP contribution in [-0.2, 0) is 6.42 Å². The van der Waals surface area contributed by atoms with Crippen molar-refractivity contribution in [1.29, 1.82) is 0 Å². The van der Waals surface area contributed by atoms with E-state index in [1.165, 1.54) is 11.1 Å². The molecule has 2 aromatic carbocycles. The minimum Gasteiger partial charge on any atom is -0.294 e. The Bertz CT molecular complexity index is 1310. The van der Waals surface area contributed by atoms with Crippen LogP contribution in [0.5, 0.6) is 0 Å². The van der Waals surface area contributed by atoms with Gasteiger partial charge in [0.2, 0.25) is 11.9 Å². The van der Waals surface area contributed by atoms with Crippen molar-refractivity contribution in [3.63, 3.8) is 0 Å². The largest absolute Gasteiger partial charge is 0.294 e. The van der Waals surface area contributed by atoms with Gasteiger partial charge in [0.15, 0.2) is 5.78 Å². The van der Waals surface area contributed by atoms with Gasteiger partial charge in [-0.15, -0.1) is 0 Å². The number of benzene rings is 2. The van der Waals surface area contributed by atoms with E-state index in [1.54, 1.807) is 6.20 Å². The lowest BCUT2D eigenvalue weighted by Gasteiger charge is -2.23. The van der Waals surface area contributed by atoms with Crippen molar-refractivity contribution in [2.45, 2.75) is 39.5 Å². The summed E-state index contributed by atoms with van der Waals surface area (Å²) in [5.41, 5.74) is 6.65. The molecule has 6 nitrogen and oxygen atoms in total. The molecule has 31 heavy (non-hydrogen) atoms. The molecule has 0 saturated carbocycles. The highest BCUT2D eigenvalue weighted by atomic mass is 16.1. The van der Waals surface area contributed by atoms with E-state index >= 15 is 0 Å². The van der Waals surface area contributed by atoms with Crippen LogP contribution < -0.4 is 5.32 Å². The molecule has 2 heterocycles. The Morgan fingerprint density at radius 1 is 0.903 bits per heavy atom. The molecule has 0 unspecified atom stereocenters. The molecule has 0 radical (unpaired) electrons. The first-order chi connectivity index (χ1) is 15.0. The number of aryl methyl sites for hydroxylation is 3. The Kier molecular flexibility index (Phi) is 4.70. The van der Waals surface area contributed by atoms with E-state index in [9.17, 15) is 4.79 Å². The van der Waals surface area contributed by atoms with Crippen molar-refractivity contribution in [2.24, 2.45) is 0 Å². The molecule has 1 aliphatic rings. The molecule has 0 fully saturated rings. The van der Waals surface area contributed by atoms with Gasteiger partial charge in [-0.1, -0.05) is 48.0 Å². The first kappa shape index (κ1) is 19.3. The second-order valence-corrected chi connectivity index (χ2v) is 8.22. The summed E-state index contributed by atoms with van der Waals surface area (Å²) in [4.78, 5) is 31.0.